The van der Waals surface area contributed by atoms with Gasteiger partial charge in [0.1, 0.15) is 6.04 Å². The molecule has 1 atom stereocenters. The maximum atomic E-state index is 14.0. The predicted octanol–water partition coefficient (Wildman–Crippen LogP) is 4.20. The van der Waals surface area contributed by atoms with Crippen molar-refractivity contribution in [3.63, 3.8) is 0 Å². The first-order valence-electron chi connectivity index (χ1n) is 15.0. The predicted molar refractivity (Wildman–Crippen MR) is 165 cm³/mol. The van der Waals surface area contributed by atoms with Crippen LogP contribution in [0.25, 0.3) is 0 Å². The fraction of sp³-hybridized carbons (Fsp3) is 0.406. The molecule has 12 nitrogen and oxygen atoms in total. The van der Waals surface area contributed by atoms with Gasteiger partial charge in [0.2, 0.25) is 5.95 Å². The molecule has 15 heteroatoms. The zero-order valence-corrected chi connectivity index (χ0v) is 26.3. The topological polar surface area (TPSA) is 149 Å². The van der Waals surface area contributed by atoms with E-state index < -0.39 is 36.2 Å². The van der Waals surface area contributed by atoms with Crippen molar-refractivity contribution in [3.8, 4) is 6.07 Å². The van der Waals surface area contributed by atoms with E-state index in [9.17, 15) is 32.8 Å². The Labute approximate surface area is 269 Å². The van der Waals surface area contributed by atoms with E-state index in [4.69, 9.17) is 15.2 Å². The summed E-state index contributed by atoms with van der Waals surface area (Å²) in [5, 5.41) is 14.1. The van der Waals surface area contributed by atoms with Gasteiger partial charge in [0.05, 0.1) is 29.9 Å². The number of halogens is 3. The highest BCUT2D eigenvalue weighted by molar-refractivity contribution is 5.93. The number of nitriles is 1. The van der Waals surface area contributed by atoms with E-state index in [1.54, 1.807) is 18.2 Å². The maximum absolute atomic E-state index is 14.0. The normalized spacial score (nSPS) is 14.6. The minimum absolute atomic E-state index is 0.0283. The molecule has 0 aliphatic carbocycles. The van der Waals surface area contributed by atoms with Gasteiger partial charge in [-0.05, 0) is 80.9 Å². The second-order valence-corrected chi connectivity index (χ2v) is 10.9. The molecule has 4 rings (SSSR count). The lowest BCUT2D eigenvalue weighted by atomic mass is 9.89. The number of rotatable bonds is 14. The van der Waals surface area contributed by atoms with Gasteiger partial charge in [0, 0.05) is 17.9 Å². The number of carbonyl (C=O) groups is 2. The third kappa shape index (κ3) is 7.39. The largest absolute Gasteiger partial charge is 0.466 e. The van der Waals surface area contributed by atoms with Gasteiger partial charge < -0.3 is 15.2 Å². The molecule has 2 heterocycles. The molecule has 3 aromatic rings. The average molecular weight is 656 g/mol. The van der Waals surface area contributed by atoms with Crippen LogP contribution < -0.4 is 16.3 Å². The number of methoxy groups -OCH3 is 1. The zero-order chi connectivity index (χ0) is 34.3. The summed E-state index contributed by atoms with van der Waals surface area (Å²) >= 11 is 0. The first-order chi connectivity index (χ1) is 22.5. The highest BCUT2D eigenvalue weighted by atomic mass is 19.4. The number of benzene rings is 2. The van der Waals surface area contributed by atoms with Crippen molar-refractivity contribution in [1.82, 2.24) is 19.2 Å². The molecule has 1 aromatic heterocycles. The van der Waals surface area contributed by atoms with Gasteiger partial charge in [0.25, 0.3) is 6.47 Å². The Morgan fingerprint density at radius 2 is 1.94 bits per heavy atom. The molecular weight excluding hydrogens is 619 g/mol. The molecule has 2 aromatic carbocycles. The molecule has 0 bridgehead atoms. The number of allylic oxidation sites excluding steroid dienone is 1. The Bertz CT molecular complexity index is 1730. The number of nitrogens with two attached hydrogens (primary N) is 1. The fourth-order valence-electron chi connectivity index (χ4n) is 5.65. The number of hydrogen-bond donors (Lipinski definition) is 1. The second kappa shape index (κ2) is 15.1. The summed E-state index contributed by atoms with van der Waals surface area (Å²) in [4.78, 5) is 42.1. The summed E-state index contributed by atoms with van der Waals surface area (Å²) in [6, 6.07) is 10.2. The van der Waals surface area contributed by atoms with E-state index in [-0.39, 0.29) is 29.4 Å². The van der Waals surface area contributed by atoms with Crippen molar-refractivity contribution >= 4 is 24.1 Å². The Kier molecular flexibility index (Phi) is 11.2. The standard InChI is InChI=1S/C32H36F3N7O5/c1-4-5-13-39(14-7-12-36)18-23-15-22(17-37)10-11-26(23)28-27(29(44)46-3)21(2)41(25-9-6-8-24(16-25)32(33,34)35)30-38-40(19-47-20-43)31(45)42(28)30/h6,8-11,15-16,20,28H,4-5,7,12-14,18-19,36H2,1-3H3/t28-/m1/s1. The van der Waals surface area contributed by atoms with Gasteiger partial charge in [-0.2, -0.15) is 23.1 Å². The molecular formula is C32H36F3N7O5. The lowest BCUT2D eigenvalue weighted by Gasteiger charge is -2.36. The molecule has 1 aliphatic heterocycles. The van der Waals surface area contributed by atoms with E-state index in [1.807, 2.05) is 0 Å². The van der Waals surface area contributed by atoms with E-state index >= 15 is 0 Å². The Morgan fingerprint density at radius 3 is 2.57 bits per heavy atom. The number of anilines is 2. The van der Waals surface area contributed by atoms with Crippen molar-refractivity contribution in [2.45, 2.75) is 58.6 Å². The van der Waals surface area contributed by atoms with Crippen LogP contribution in [0.1, 0.15) is 61.4 Å². The van der Waals surface area contributed by atoms with Crippen LogP contribution in [-0.2, 0) is 38.5 Å². The number of carbonyl (C=O) groups excluding carboxylic acids is 2. The number of hydrogen-bond acceptors (Lipinski definition) is 10. The molecule has 0 radical (unpaired) electrons. The average Bonchev–Trinajstić information content (AvgIpc) is 3.38. The van der Waals surface area contributed by atoms with Crippen LogP contribution in [0, 0.1) is 11.3 Å². The van der Waals surface area contributed by atoms with Crippen LogP contribution >= 0.6 is 0 Å². The number of unbranched alkanes of at least 4 members (excludes halogenated alkanes) is 1. The molecule has 0 fully saturated rings. The van der Waals surface area contributed by atoms with Gasteiger partial charge in [-0.1, -0.05) is 25.5 Å². The molecule has 250 valence electrons. The van der Waals surface area contributed by atoms with Crippen molar-refractivity contribution in [3.05, 3.63) is 86.5 Å². The fourth-order valence-corrected chi connectivity index (χ4v) is 5.65. The molecule has 0 spiro atoms. The quantitative estimate of drug-likeness (QED) is 0.198. The minimum atomic E-state index is -4.68. The van der Waals surface area contributed by atoms with Crippen LogP contribution in [0.15, 0.2) is 58.5 Å². The number of esters is 1. The second-order valence-electron chi connectivity index (χ2n) is 10.9. The van der Waals surface area contributed by atoms with Crippen LogP contribution in [-0.4, -0.2) is 58.4 Å². The summed E-state index contributed by atoms with van der Waals surface area (Å²) < 4.78 is 53.3. The van der Waals surface area contributed by atoms with E-state index in [2.05, 4.69) is 23.0 Å². The molecule has 0 unspecified atom stereocenters. The Hall–Kier alpha value is -4.94. The van der Waals surface area contributed by atoms with Crippen LogP contribution in [0.5, 0.6) is 0 Å². The summed E-state index contributed by atoms with van der Waals surface area (Å²) in [6.07, 6.45) is -2.13. The van der Waals surface area contributed by atoms with Gasteiger partial charge in [-0.15, -0.1) is 5.10 Å². The van der Waals surface area contributed by atoms with Crippen molar-refractivity contribution < 1.29 is 32.2 Å². The molecule has 0 saturated carbocycles. The van der Waals surface area contributed by atoms with E-state index in [0.717, 1.165) is 47.9 Å². The van der Waals surface area contributed by atoms with Crippen molar-refractivity contribution in [2.75, 3.05) is 31.6 Å². The monoisotopic (exact) mass is 655 g/mol. The van der Waals surface area contributed by atoms with E-state index in [0.29, 0.717) is 42.7 Å². The van der Waals surface area contributed by atoms with Crippen molar-refractivity contribution in [1.29, 1.82) is 5.26 Å². The molecule has 47 heavy (non-hydrogen) atoms. The minimum Gasteiger partial charge on any atom is -0.466 e. The summed E-state index contributed by atoms with van der Waals surface area (Å²) in [5.41, 5.74) is 5.59. The van der Waals surface area contributed by atoms with Gasteiger partial charge in [-0.25, -0.2) is 14.2 Å². The Balaban J connectivity index is 2.03. The van der Waals surface area contributed by atoms with Crippen LogP contribution in [0.2, 0.25) is 0 Å². The summed E-state index contributed by atoms with van der Waals surface area (Å²) in [6.45, 7) is 5.32. The highest BCUT2D eigenvalue weighted by Gasteiger charge is 2.42. The number of nitrogens with zero attached hydrogens (tertiary/aromatic N) is 6. The smallest absolute Gasteiger partial charge is 0.416 e. The number of fused-ring (bicyclic) bond motifs is 1. The maximum Gasteiger partial charge on any atom is 0.416 e. The molecule has 0 amide bonds. The SMILES string of the molecule is CCCCN(CCCN)Cc1cc(C#N)ccc1[C@@H]1C(C(=O)OC)=C(C)N(c2cccc(C(F)(F)F)c2)c2nn(COC=O)c(=O)n21. The summed E-state index contributed by atoms with van der Waals surface area (Å²) in [7, 11) is 1.16. The third-order valence-electron chi connectivity index (χ3n) is 7.88. The first-order valence-corrected chi connectivity index (χ1v) is 15.0. The van der Waals surface area contributed by atoms with Crippen LogP contribution in [0.4, 0.5) is 24.8 Å². The molecule has 1 aliphatic rings. The van der Waals surface area contributed by atoms with Gasteiger partial charge in [-0.3, -0.25) is 14.6 Å². The highest BCUT2D eigenvalue weighted by Crippen LogP contribution is 2.44. The molecule has 2 N–H and O–H groups in total. The van der Waals surface area contributed by atoms with E-state index in [1.165, 1.54) is 24.0 Å². The Morgan fingerprint density at radius 1 is 1.19 bits per heavy atom. The molecule has 0 saturated heterocycles. The number of aromatic nitrogens is 3. The van der Waals surface area contributed by atoms with Gasteiger partial charge >= 0.3 is 17.8 Å². The van der Waals surface area contributed by atoms with Gasteiger partial charge in [0.15, 0.2) is 6.73 Å². The number of alkyl halides is 3. The van der Waals surface area contributed by atoms with Crippen LogP contribution in [0.3, 0.4) is 0 Å². The zero-order valence-electron chi connectivity index (χ0n) is 26.3. The lowest BCUT2D eigenvalue weighted by molar-refractivity contribution is -0.138. The summed E-state index contributed by atoms with van der Waals surface area (Å²) in [5.74, 6) is -0.958. The third-order valence-corrected chi connectivity index (χ3v) is 7.88. The first kappa shape index (κ1) is 34.9. The van der Waals surface area contributed by atoms with Crippen molar-refractivity contribution in [2.24, 2.45) is 5.73 Å². The number of ether oxygens (including phenoxy) is 2. The lowest BCUT2D eigenvalue weighted by Crippen LogP contribution is -2.39.